The maximum absolute atomic E-state index is 12.4. The number of anilines is 1. The number of hydrogen-bond acceptors (Lipinski definition) is 2. The van der Waals surface area contributed by atoms with Gasteiger partial charge in [-0.15, -0.1) is 0 Å². The van der Waals surface area contributed by atoms with Gasteiger partial charge >= 0.3 is 0 Å². The Morgan fingerprint density at radius 2 is 1.56 bits per heavy atom. The second kappa shape index (κ2) is 8.93. The van der Waals surface area contributed by atoms with E-state index in [4.69, 9.17) is 0 Å². The summed E-state index contributed by atoms with van der Waals surface area (Å²) in [7, 11) is 0. The number of Topliss-reactive ketones (excluding diaryl/α,β-unsaturated/α-hetero) is 1. The summed E-state index contributed by atoms with van der Waals surface area (Å²) in [4.78, 5) is 27.0. The van der Waals surface area contributed by atoms with Crippen molar-refractivity contribution in [2.24, 2.45) is 0 Å². The molecule has 27 heavy (non-hydrogen) atoms. The van der Waals surface area contributed by atoms with Gasteiger partial charge in [0.2, 0.25) is 0 Å². The molecule has 1 aliphatic rings. The highest BCUT2D eigenvalue weighted by molar-refractivity contribution is 6.03. The summed E-state index contributed by atoms with van der Waals surface area (Å²) in [5, 5.41) is 2.91. The predicted molar refractivity (Wildman–Crippen MR) is 106 cm³/mol. The van der Waals surface area contributed by atoms with Gasteiger partial charge in [0, 0.05) is 11.1 Å². The van der Waals surface area contributed by atoms with Crippen LogP contribution in [0.5, 0.6) is 0 Å². The fourth-order valence-corrected chi connectivity index (χ4v) is 3.71. The van der Waals surface area contributed by atoms with Crippen LogP contribution in [0.4, 0.5) is 5.69 Å². The Morgan fingerprint density at radius 3 is 2.26 bits per heavy atom. The average molecular weight is 367 g/mol. The van der Waals surface area contributed by atoms with Crippen molar-refractivity contribution in [3.05, 3.63) is 65.2 Å². The molecule has 3 rings (SSSR count). The first-order valence-corrected chi connectivity index (χ1v) is 9.64. The predicted octanol–water partition coefficient (Wildman–Crippen LogP) is 0.120. The number of rotatable bonds is 6. The highest BCUT2D eigenvalue weighted by atomic mass is 16.2. The number of benzene rings is 2. The first-order valence-electron chi connectivity index (χ1n) is 9.64. The van der Waals surface area contributed by atoms with Crippen LogP contribution < -0.4 is 15.1 Å². The number of amides is 1. The van der Waals surface area contributed by atoms with Crippen molar-refractivity contribution < 1.29 is 19.4 Å². The quantitative estimate of drug-likeness (QED) is 0.636. The lowest BCUT2D eigenvalue weighted by Gasteiger charge is -2.29. The Bertz CT molecular complexity index is 811. The van der Waals surface area contributed by atoms with Crippen LogP contribution in [0.1, 0.15) is 28.4 Å². The molecule has 0 spiro atoms. The zero-order valence-electron chi connectivity index (χ0n) is 16.2. The lowest BCUT2D eigenvalue weighted by atomic mass is 10.1. The van der Waals surface area contributed by atoms with Crippen molar-refractivity contribution in [3.8, 4) is 0 Å². The summed E-state index contributed by atoms with van der Waals surface area (Å²) in [6, 6.07) is 15.7. The fourth-order valence-electron chi connectivity index (χ4n) is 3.71. The van der Waals surface area contributed by atoms with Gasteiger partial charge < -0.3 is 15.1 Å². The normalized spacial score (nSPS) is 19.5. The Morgan fingerprint density at radius 1 is 0.926 bits per heavy atom. The van der Waals surface area contributed by atoms with Crippen molar-refractivity contribution in [1.29, 1.82) is 0 Å². The van der Waals surface area contributed by atoms with E-state index in [1.54, 1.807) is 17.0 Å². The molecule has 0 bridgehead atoms. The van der Waals surface area contributed by atoms with Crippen molar-refractivity contribution in [1.82, 2.24) is 0 Å². The molecule has 0 radical (unpaired) electrons. The molecule has 0 aliphatic carbocycles. The number of nitrogens with one attached hydrogen (secondary N) is 3. The van der Waals surface area contributed by atoms with Crippen LogP contribution in [0.2, 0.25) is 0 Å². The summed E-state index contributed by atoms with van der Waals surface area (Å²) < 4.78 is 0. The van der Waals surface area contributed by atoms with E-state index in [1.807, 2.05) is 12.1 Å². The first kappa shape index (κ1) is 19.3. The molecule has 0 unspecified atom stereocenters. The summed E-state index contributed by atoms with van der Waals surface area (Å²) in [6.07, 6.45) is 0. The van der Waals surface area contributed by atoms with Crippen LogP contribution in [-0.4, -0.2) is 44.4 Å². The fraction of sp³-hybridized carbons (Fsp3) is 0.364. The zero-order valence-corrected chi connectivity index (χ0v) is 16.2. The molecular weight excluding hydrogens is 338 g/mol. The van der Waals surface area contributed by atoms with E-state index in [9.17, 15) is 9.59 Å². The Labute approximate surface area is 161 Å². The van der Waals surface area contributed by atoms with Gasteiger partial charge in [-0.05, 0) is 31.5 Å². The molecule has 0 aromatic heterocycles. The van der Waals surface area contributed by atoms with Gasteiger partial charge in [0.1, 0.15) is 32.7 Å². The molecule has 1 fully saturated rings. The lowest BCUT2D eigenvalue weighted by Crippen LogP contribution is -3.28. The number of piperazine rings is 1. The molecule has 5 heteroatoms. The molecule has 0 saturated carbocycles. The standard InChI is InChI=1S/C22H27N3O2/c1-17-7-3-4-8-19(17)15-24-11-13-25(14-12-24)16-22(27)23-21-10-6-5-9-20(21)18(2)26/h3-10H,11-16H2,1-2H3,(H,23,27)/p+2. The van der Waals surface area contributed by atoms with Crippen LogP contribution >= 0.6 is 0 Å². The van der Waals surface area contributed by atoms with Gasteiger partial charge in [0.05, 0.1) is 5.69 Å². The highest BCUT2D eigenvalue weighted by Crippen LogP contribution is 2.15. The van der Waals surface area contributed by atoms with Crippen LogP contribution in [0, 0.1) is 6.92 Å². The van der Waals surface area contributed by atoms with E-state index in [0.29, 0.717) is 17.8 Å². The van der Waals surface area contributed by atoms with Crippen LogP contribution in [0.25, 0.3) is 0 Å². The second-order valence-electron chi connectivity index (χ2n) is 7.43. The van der Waals surface area contributed by atoms with E-state index in [-0.39, 0.29) is 11.7 Å². The molecule has 0 atom stereocenters. The maximum atomic E-state index is 12.4. The molecule has 1 heterocycles. The molecule has 1 aliphatic heterocycles. The van der Waals surface area contributed by atoms with Crippen LogP contribution in [-0.2, 0) is 11.3 Å². The first-order chi connectivity index (χ1) is 13.0. The number of carbonyl (C=O) groups is 2. The van der Waals surface area contributed by atoms with Gasteiger partial charge in [0.15, 0.2) is 12.3 Å². The van der Waals surface area contributed by atoms with Gasteiger partial charge in [-0.25, -0.2) is 0 Å². The SMILES string of the molecule is CC(=O)c1ccccc1NC(=O)C[NH+]1CC[NH+](Cc2ccccc2C)CC1. The van der Waals surface area contributed by atoms with Gasteiger partial charge in [-0.2, -0.15) is 0 Å². The Kier molecular flexibility index (Phi) is 6.37. The summed E-state index contributed by atoms with van der Waals surface area (Å²) in [5.74, 6) is -0.0623. The third-order valence-corrected chi connectivity index (χ3v) is 5.36. The summed E-state index contributed by atoms with van der Waals surface area (Å²) in [6.45, 7) is 9.31. The molecule has 3 N–H and O–H groups in total. The van der Waals surface area contributed by atoms with E-state index < -0.39 is 0 Å². The van der Waals surface area contributed by atoms with Crippen LogP contribution in [0.15, 0.2) is 48.5 Å². The molecule has 1 amide bonds. The molecule has 142 valence electrons. The third-order valence-electron chi connectivity index (χ3n) is 5.36. The smallest absolute Gasteiger partial charge is 0.279 e. The molecule has 5 nitrogen and oxygen atoms in total. The zero-order chi connectivity index (χ0) is 19.2. The van der Waals surface area contributed by atoms with Crippen molar-refractivity contribution in [2.75, 3.05) is 38.0 Å². The average Bonchev–Trinajstić information content (AvgIpc) is 2.65. The number of aryl methyl sites for hydroxylation is 1. The molecule has 2 aromatic carbocycles. The minimum absolute atomic E-state index is 0.0268. The van der Waals surface area contributed by atoms with Crippen molar-refractivity contribution in [3.63, 3.8) is 0 Å². The Balaban J connectivity index is 1.49. The van der Waals surface area contributed by atoms with Gasteiger partial charge in [-0.1, -0.05) is 36.4 Å². The summed E-state index contributed by atoms with van der Waals surface area (Å²) >= 11 is 0. The number of hydrogen-bond donors (Lipinski definition) is 3. The molecular formula is C22H29N3O2+2. The lowest BCUT2D eigenvalue weighted by molar-refractivity contribution is -1.02. The number of carbonyl (C=O) groups excluding carboxylic acids is 2. The van der Waals surface area contributed by atoms with Crippen LogP contribution in [0.3, 0.4) is 0 Å². The monoisotopic (exact) mass is 367 g/mol. The minimum Gasteiger partial charge on any atom is -0.322 e. The molecule has 1 saturated heterocycles. The number of para-hydroxylation sites is 1. The number of ketones is 1. The second-order valence-corrected chi connectivity index (χ2v) is 7.43. The van der Waals surface area contributed by atoms with E-state index >= 15 is 0 Å². The topological polar surface area (TPSA) is 55.0 Å². The Hall–Kier alpha value is -2.50. The highest BCUT2D eigenvalue weighted by Gasteiger charge is 2.25. The van der Waals surface area contributed by atoms with E-state index in [0.717, 1.165) is 32.7 Å². The van der Waals surface area contributed by atoms with Gasteiger partial charge in [0.25, 0.3) is 5.91 Å². The largest absolute Gasteiger partial charge is 0.322 e. The van der Waals surface area contributed by atoms with Crippen molar-refractivity contribution >= 4 is 17.4 Å². The van der Waals surface area contributed by atoms with E-state index in [1.165, 1.54) is 23.0 Å². The molecule has 2 aromatic rings. The van der Waals surface area contributed by atoms with E-state index in [2.05, 4.69) is 36.5 Å². The summed E-state index contributed by atoms with van der Waals surface area (Å²) in [5.41, 5.74) is 3.93. The van der Waals surface area contributed by atoms with Crippen molar-refractivity contribution in [2.45, 2.75) is 20.4 Å². The van der Waals surface area contributed by atoms with Gasteiger partial charge in [-0.3, -0.25) is 9.59 Å². The minimum atomic E-state index is -0.0355. The third kappa shape index (κ3) is 5.25. The maximum Gasteiger partial charge on any atom is 0.279 e. The number of quaternary nitrogens is 2.